The molecule has 0 N–H and O–H groups in total. The monoisotopic (exact) mass is 319 g/mol. The lowest BCUT2D eigenvalue weighted by molar-refractivity contribution is 0.0685. The summed E-state index contributed by atoms with van der Waals surface area (Å²) in [7, 11) is 2.19. The van der Waals surface area contributed by atoms with Crippen LogP contribution in [-0.2, 0) is 11.2 Å². The lowest BCUT2D eigenvalue weighted by Crippen LogP contribution is -2.44. The van der Waals surface area contributed by atoms with Gasteiger partial charge < -0.3 is 19.4 Å². The maximum atomic E-state index is 5.58. The normalized spacial score (nSPS) is 20.2. The third kappa shape index (κ3) is 3.97. The Labute approximate surface area is 138 Å². The van der Waals surface area contributed by atoms with E-state index in [1.807, 2.05) is 0 Å². The van der Waals surface area contributed by atoms with Gasteiger partial charge in [0.2, 0.25) is 0 Å². The quantitative estimate of drug-likeness (QED) is 0.787. The van der Waals surface area contributed by atoms with E-state index < -0.39 is 0 Å². The molecule has 0 spiro atoms. The first-order valence-corrected chi connectivity index (χ1v) is 8.51. The van der Waals surface area contributed by atoms with Gasteiger partial charge >= 0.3 is 0 Å². The molecule has 4 nitrogen and oxygen atoms in total. The van der Waals surface area contributed by atoms with E-state index in [1.165, 1.54) is 11.3 Å². The van der Waals surface area contributed by atoms with Gasteiger partial charge in [-0.3, -0.25) is 0 Å². The standard InChI is InChI=1S/C17H25N3OS/c1-18-6-8-19(9-7-18)16-4-2-15(3-5-16)14-17(22)20-10-12-21-13-11-20/h2-5H,6-14H2,1H3. The highest BCUT2D eigenvalue weighted by Crippen LogP contribution is 2.18. The molecule has 2 aliphatic heterocycles. The summed E-state index contributed by atoms with van der Waals surface area (Å²) in [6.07, 6.45) is 0.859. The summed E-state index contributed by atoms with van der Waals surface area (Å²) in [6.45, 7) is 7.96. The average Bonchev–Trinajstić information content (AvgIpc) is 2.57. The van der Waals surface area contributed by atoms with Crippen LogP contribution in [0.15, 0.2) is 24.3 Å². The highest BCUT2D eigenvalue weighted by atomic mass is 32.1. The number of nitrogens with zero attached hydrogens (tertiary/aromatic N) is 3. The molecule has 2 fully saturated rings. The number of hydrogen-bond acceptors (Lipinski definition) is 4. The van der Waals surface area contributed by atoms with E-state index in [0.29, 0.717) is 0 Å². The van der Waals surface area contributed by atoms with Gasteiger partial charge in [0.15, 0.2) is 0 Å². The largest absolute Gasteiger partial charge is 0.378 e. The van der Waals surface area contributed by atoms with Gasteiger partial charge in [-0.15, -0.1) is 0 Å². The zero-order valence-electron chi connectivity index (χ0n) is 13.3. The van der Waals surface area contributed by atoms with Gasteiger partial charge in [0.25, 0.3) is 0 Å². The average molecular weight is 319 g/mol. The third-order valence-electron chi connectivity index (χ3n) is 4.52. The van der Waals surface area contributed by atoms with Crippen LogP contribution in [0.5, 0.6) is 0 Å². The second-order valence-electron chi connectivity index (χ2n) is 6.13. The van der Waals surface area contributed by atoms with E-state index in [0.717, 1.165) is 63.9 Å². The number of ether oxygens (including phenoxy) is 1. The summed E-state index contributed by atoms with van der Waals surface area (Å²) in [5.41, 5.74) is 2.63. The third-order valence-corrected chi connectivity index (χ3v) is 4.93. The van der Waals surface area contributed by atoms with Gasteiger partial charge in [-0.25, -0.2) is 0 Å². The number of piperazine rings is 1. The number of benzene rings is 1. The van der Waals surface area contributed by atoms with Crippen LogP contribution in [0, 0.1) is 0 Å². The maximum Gasteiger partial charge on any atom is 0.0825 e. The summed E-state index contributed by atoms with van der Waals surface area (Å²) in [6, 6.07) is 8.92. The molecule has 2 heterocycles. The van der Waals surface area contributed by atoms with Gasteiger partial charge in [0.05, 0.1) is 18.2 Å². The van der Waals surface area contributed by atoms with Gasteiger partial charge in [0, 0.05) is 51.4 Å². The second-order valence-corrected chi connectivity index (χ2v) is 6.60. The summed E-state index contributed by atoms with van der Waals surface area (Å²) in [4.78, 5) is 8.15. The minimum Gasteiger partial charge on any atom is -0.378 e. The molecule has 120 valence electrons. The second kappa shape index (κ2) is 7.40. The first-order valence-electron chi connectivity index (χ1n) is 8.10. The van der Waals surface area contributed by atoms with Crippen LogP contribution in [0.1, 0.15) is 5.56 Å². The van der Waals surface area contributed by atoms with Crippen molar-refractivity contribution in [2.45, 2.75) is 6.42 Å². The number of morpholine rings is 1. The zero-order valence-corrected chi connectivity index (χ0v) is 14.1. The molecule has 0 bridgehead atoms. The number of hydrogen-bond donors (Lipinski definition) is 0. The molecule has 5 heteroatoms. The lowest BCUT2D eigenvalue weighted by atomic mass is 10.1. The fourth-order valence-corrected chi connectivity index (χ4v) is 3.34. The van der Waals surface area contributed by atoms with Crippen LogP contribution in [0.25, 0.3) is 0 Å². The van der Waals surface area contributed by atoms with Crippen LogP contribution in [0.3, 0.4) is 0 Å². The van der Waals surface area contributed by atoms with Crippen molar-refractivity contribution in [3.05, 3.63) is 29.8 Å². The Morgan fingerprint density at radius 3 is 2.27 bits per heavy atom. The van der Waals surface area contributed by atoms with Gasteiger partial charge in [0.1, 0.15) is 0 Å². The van der Waals surface area contributed by atoms with Crippen molar-refractivity contribution in [2.24, 2.45) is 0 Å². The van der Waals surface area contributed by atoms with Crippen LogP contribution in [0.2, 0.25) is 0 Å². The number of likely N-dealkylation sites (N-methyl/N-ethyl adjacent to an activating group) is 1. The van der Waals surface area contributed by atoms with Crippen LogP contribution >= 0.6 is 12.2 Å². The Balaban J connectivity index is 1.56. The molecule has 0 aromatic heterocycles. The van der Waals surface area contributed by atoms with Crippen LogP contribution < -0.4 is 4.90 Å². The molecule has 3 rings (SSSR count). The Morgan fingerprint density at radius 1 is 1.00 bits per heavy atom. The predicted octanol–water partition coefficient (Wildman–Crippen LogP) is 1.64. The van der Waals surface area contributed by atoms with Crippen molar-refractivity contribution in [2.75, 3.05) is 64.4 Å². The number of anilines is 1. The van der Waals surface area contributed by atoms with Crippen LogP contribution in [0.4, 0.5) is 5.69 Å². The highest BCUT2D eigenvalue weighted by Gasteiger charge is 2.16. The molecule has 2 saturated heterocycles. The molecule has 22 heavy (non-hydrogen) atoms. The fourth-order valence-electron chi connectivity index (χ4n) is 2.99. The molecule has 1 aromatic carbocycles. The Hall–Kier alpha value is -1.17. The first kappa shape index (κ1) is 15.7. The van der Waals surface area contributed by atoms with E-state index in [-0.39, 0.29) is 0 Å². The summed E-state index contributed by atoms with van der Waals surface area (Å²) >= 11 is 5.58. The molecule has 1 aromatic rings. The van der Waals surface area contributed by atoms with E-state index in [9.17, 15) is 0 Å². The lowest BCUT2D eigenvalue weighted by Gasteiger charge is -2.34. The molecule has 0 radical (unpaired) electrons. The Morgan fingerprint density at radius 2 is 1.64 bits per heavy atom. The number of thiocarbonyl (C=S) groups is 1. The maximum absolute atomic E-state index is 5.58. The Kier molecular flexibility index (Phi) is 5.28. The van der Waals surface area contributed by atoms with E-state index in [2.05, 4.69) is 46.0 Å². The summed E-state index contributed by atoms with van der Waals surface area (Å²) in [5, 5.41) is 0. The minimum atomic E-state index is 0.794. The fraction of sp³-hybridized carbons (Fsp3) is 0.588. The molecule has 2 aliphatic rings. The zero-order chi connectivity index (χ0) is 15.4. The van der Waals surface area contributed by atoms with Gasteiger partial charge in [-0.1, -0.05) is 24.4 Å². The van der Waals surface area contributed by atoms with E-state index >= 15 is 0 Å². The molecule has 0 unspecified atom stereocenters. The van der Waals surface area contributed by atoms with Crippen molar-refractivity contribution in [1.82, 2.24) is 9.80 Å². The smallest absolute Gasteiger partial charge is 0.0825 e. The van der Waals surface area contributed by atoms with E-state index in [4.69, 9.17) is 17.0 Å². The van der Waals surface area contributed by atoms with Crippen molar-refractivity contribution >= 4 is 22.9 Å². The minimum absolute atomic E-state index is 0.794. The highest BCUT2D eigenvalue weighted by molar-refractivity contribution is 7.80. The molecule has 0 saturated carbocycles. The van der Waals surface area contributed by atoms with Crippen LogP contribution in [-0.4, -0.2) is 74.3 Å². The van der Waals surface area contributed by atoms with Crippen molar-refractivity contribution in [3.63, 3.8) is 0 Å². The van der Waals surface area contributed by atoms with Gasteiger partial charge in [-0.2, -0.15) is 0 Å². The summed E-state index contributed by atoms with van der Waals surface area (Å²) < 4.78 is 5.38. The molecular weight excluding hydrogens is 294 g/mol. The predicted molar refractivity (Wildman–Crippen MR) is 94.8 cm³/mol. The molecular formula is C17H25N3OS. The molecule has 0 amide bonds. The van der Waals surface area contributed by atoms with E-state index in [1.54, 1.807) is 0 Å². The SMILES string of the molecule is CN1CCN(c2ccc(CC(=S)N3CCOCC3)cc2)CC1. The van der Waals surface area contributed by atoms with Crippen molar-refractivity contribution in [1.29, 1.82) is 0 Å². The van der Waals surface area contributed by atoms with Crippen molar-refractivity contribution in [3.8, 4) is 0 Å². The first-order chi connectivity index (χ1) is 10.7. The Bertz CT molecular complexity index is 491. The van der Waals surface area contributed by atoms with Gasteiger partial charge in [-0.05, 0) is 24.7 Å². The number of rotatable bonds is 3. The van der Waals surface area contributed by atoms with Crippen molar-refractivity contribution < 1.29 is 4.74 Å². The molecule has 0 aliphatic carbocycles. The topological polar surface area (TPSA) is 19.0 Å². The summed E-state index contributed by atoms with van der Waals surface area (Å²) in [5.74, 6) is 0. The molecule has 0 atom stereocenters.